The van der Waals surface area contributed by atoms with Crippen molar-refractivity contribution in [3.8, 4) is 0 Å². The molecule has 1 fully saturated rings. The summed E-state index contributed by atoms with van der Waals surface area (Å²) < 4.78 is 37.9. The Hall–Kier alpha value is -0.290. The van der Waals surface area contributed by atoms with Crippen molar-refractivity contribution in [1.29, 1.82) is 0 Å². The zero-order chi connectivity index (χ0) is 13.6. The summed E-state index contributed by atoms with van der Waals surface area (Å²) in [6.07, 6.45) is -0.396. The van der Waals surface area contributed by atoms with Crippen LogP contribution in [0.2, 0.25) is 0 Å². The van der Waals surface area contributed by atoms with Gasteiger partial charge in [-0.1, -0.05) is 20.3 Å². The van der Waals surface area contributed by atoms with Crippen molar-refractivity contribution in [2.75, 3.05) is 26.2 Å². The molecule has 0 spiro atoms. The number of nitrogens with one attached hydrogen (secondary N) is 1. The molecule has 5 heteroatoms. The number of hydrogen-bond acceptors (Lipinski definition) is 2. The van der Waals surface area contributed by atoms with Crippen LogP contribution in [0.1, 0.15) is 39.5 Å². The molecule has 108 valence electrons. The van der Waals surface area contributed by atoms with Gasteiger partial charge in [0.25, 0.3) is 0 Å². The van der Waals surface area contributed by atoms with E-state index in [9.17, 15) is 13.2 Å². The number of piperidine rings is 1. The Morgan fingerprint density at radius 1 is 1.28 bits per heavy atom. The topological polar surface area (TPSA) is 15.3 Å². The van der Waals surface area contributed by atoms with Gasteiger partial charge in [-0.15, -0.1) is 0 Å². The van der Waals surface area contributed by atoms with E-state index >= 15 is 0 Å². The van der Waals surface area contributed by atoms with E-state index in [1.165, 1.54) is 0 Å². The molecule has 1 heterocycles. The lowest BCUT2D eigenvalue weighted by Gasteiger charge is -2.36. The molecule has 18 heavy (non-hydrogen) atoms. The molecule has 1 atom stereocenters. The Kier molecular flexibility index (Phi) is 6.43. The van der Waals surface area contributed by atoms with Crippen LogP contribution in [0.5, 0.6) is 0 Å². The largest absolute Gasteiger partial charge is 0.401 e. The van der Waals surface area contributed by atoms with Crippen LogP contribution in [0.15, 0.2) is 0 Å². The fraction of sp³-hybridized carbons (Fsp3) is 1.00. The molecule has 0 radical (unpaired) electrons. The highest BCUT2D eigenvalue weighted by atomic mass is 19.4. The zero-order valence-electron chi connectivity index (χ0n) is 11.4. The minimum atomic E-state index is -4.09. The lowest BCUT2D eigenvalue weighted by molar-refractivity contribution is -0.153. The van der Waals surface area contributed by atoms with Crippen LogP contribution in [0, 0.1) is 5.92 Å². The number of nitrogens with zero attached hydrogens (tertiary/aromatic N) is 1. The lowest BCUT2D eigenvalue weighted by Crippen LogP contribution is -2.48. The predicted octanol–water partition coefficient (Wildman–Crippen LogP) is 3.04. The summed E-state index contributed by atoms with van der Waals surface area (Å²) in [6, 6.07) is 0.0900. The molecule has 1 aliphatic rings. The maximum absolute atomic E-state index is 12.6. The Morgan fingerprint density at radius 2 is 1.89 bits per heavy atom. The van der Waals surface area contributed by atoms with E-state index < -0.39 is 12.7 Å². The minimum Gasteiger partial charge on any atom is -0.317 e. The van der Waals surface area contributed by atoms with E-state index in [2.05, 4.69) is 12.2 Å². The standard InChI is InChI=1S/C13H25F3N2/c1-3-4-11(2)9-18(10-13(14,15)16)12-5-7-17-8-6-12/h11-12,17H,3-10H2,1-2H3. The van der Waals surface area contributed by atoms with Crippen molar-refractivity contribution in [3.05, 3.63) is 0 Å². The Balaban J connectivity index is 2.55. The molecule has 1 aliphatic heterocycles. The van der Waals surface area contributed by atoms with Gasteiger partial charge in [0.15, 0.2) is 0 Å². The quantitative estimate of drug-likeness (QED) is 0.795. The van der Waals surface area contributed by atoms with Crippen LogP contribution in [-0.4, -0.2) is 43.3 Å². The van der Waals surface area contributed by atoms with Crippen LogP contribution in [-0.2, 0) is 0 Å². The second kappa shape index (κ2) is 7.34. The van der Waals surface area contributed by atoms with Gasteiger partial charge >= 0.3 is 6.18 Å². The van der Waals surface area contributed by atoms with E-state index in [-0.39, 0.29) is 6.04 Å². The summed E-state index contributed by atoms with van der Waals surface area (Å²) in [4.78, 5) is 1.65. The number of halogens is 3. The number of alkyl halides is 3. The van der Waals surface area contributed by atoms with Crippen molar-refractivity contribution in [3.63, 3.8) is 0 Å². The molecule has 1 unspecified atom stereocenters. The Bertz CT molecular complexity index is 225. The highest BCUT2D eigenvalue weighted by Crippen LogP contribution is 2.23. The second-order valence-electron chi connectivity index (χ2n) is 5.42. The van der Waals surface area contributed by atoms with Crippen LogP contribution < -0.4 is 5.32 Å². The van der Waals surface area contributed by atoms with E-state index in [1.54, 1.807) is 4.90 Å². The maximum atomic E-state index is 12.6. The maximum Gasteiger partial charge on any atom is 0.401 e. The lowest BCUT2D eigenvalue weighted by atomic mass is 10.0. The van der Waals surface area contributed by atoms with E-state index in [0.717, 1.165) is 38.8 Å². The molecule has 0 bridgehead atoms. The summed E-state index contributed by atoms with van der Waals surface area (Å²) in [5.41, 5.74) is 0. The molecule has 1 rings (SSSR count). The third kappa shape index (κ3) is 6.05. The minimum absolute atomic E-state index is 0.0900. The summed E-state index contributed by atoms with van der Waals surface area (Å²) in [6.45, 7) is 5.61. The number of hydrogen-bond donors (Lipinski definition) is 1. The summed E-state index contributed by atoms with van der Waals surface area (Å²) in [5, 5.41) is 3.20. The predicted molar refractivity (Wildman–Crippen MR) is 67.6 cm³/mol. The first kappa shape index (κ1) is 15.8. The van der Waals surface area contributed by atoms with E-state index in [1.807, 2.05) is 6.92 Å². The molecule has 0 amide bonds. The summed E-state index contributed by atoms with van der Waals surface area (Å²) in [5.74, 6) is 0.340. The third-order valence-electron chi connectivity index (χ3n) is 3.54. The highest BCUT2D eigenvalue weighted by Gasteiger charge is 2.34. The van der Waals surface area contributed by atoms with Crippen molar-refractivity contribution >= 4 is 0 Å². The first-order valence-corrected chi connectivity index (χ1v) is 6.94. The molecule has 1 N–H and O–H groups in total. The van der Waals surface area contributed by atoms with Crippen LogP contribution in [0.25, 0.3) is 0 Å². The molecule has 0 aromatic carbocycles. The smallest absolute Gasteiger partial charge is 0.317 e. The Morgan fingerprint density at radius 3 is 2.39 bits per heavy atom. The highest BCUT2D eigenvalue weighted by molar-refractivity contribution is 4.80. The van der Waals surface area contributed by atoms with Gasteiger partial charge in [0, 0.05) is 12.6 Å². The first-order valence-electron chi connectivity index (χ1n) is 6.94. The van der Waals surface area contributed by atoms with Crippen LogP contribution >= 0.6 is 0 Å². The Labute approximate surface area is 108 Å². The molecule has 0 saturated carbocycles. The van der Waals surface area contributed by atoms with Crippen LogP contribution in [0.4, 0.5) is 13.2 Å². The average molecular weight is 266 g/mol. The SMILES string of the molecule is CCCC(C)CN(CC(F)(F)F)C1CCNCC1. The van der Waals surface area contributed by atoms with Gasteiger partial charge in [0.2, 0.25) is 0 Å². The van der Waals surface area contributed by atoms with Crippen molar-refractivity contribution < 1.29 is 13.2 Å². The van der Waals surface area contributed by atoms with Crippen LogP contribution in [0.3, 0.4) is 0 Å². The molecule has 2 nitrogen and oxygen atoms in total. The third-order valence-corrected chi connectivity index (χ3v) is 3.54. The zero-order valence-corrected chi connectivity index (χ0v) is 11.4. The second-order valence-corrected chi connectivity index (χ2v) is 5.42. The van der Waals surface area contributed by atoms with Crippen molar-refractivity contribution in [1.82, 2.24) is 10.2 Å². The molecule has 1 saturated heterocycles. The monoisotopic (exact) mass is 266 g/mol. The van der Waals surface area contributed by atoms with Crippen molar-refractivity contribution in [2.24, 2.45) is 5.92 Å². The molecular weight excluding hydrogens is 241 g/mol. The van der Waals surface area contributed by atoms with Gasteiger partial charge in [-0.05, 0) is 38.3 Å². The van der Waals surface area contributed by atoms with Gasteiger partial charge in [0.05, 0.1) is 6.54 Å². The normalized spacial score (nSPS) is 20.3. The fourth-order valence-corrected chi connectivity index (χ4v) is 2.73. The van der Waals surface area contributed by atoms with E-state index in [4.69, 9.17) is 0 Å². The summed E-state index contributed by atoms with van der Waals surface area (Å²) >= 11 is 0. The molecular formula is C13H25F3N2. The van der Waals surface area contributed by atoms with Crippen molar-refractivity contribution in [2.45, 2.75) is 51.7 Å². The van der Waals surface area contributed by atoms with Gasteiger partial charge in [-0.25, -0.2) is 0 Å². The van der Waals surface area contributed by atoms with Gasteiger partial charge in [-0.3, -0.25) is 4.90 Å². The molecule has 0 aromatic heterocycles. The van der Waals surface area contributed by atoms with E-state index in [0.29, 0.717) is 12.5 Å². The number of rotatable bonds is 6. The average Bonchev–Trinajstić information content (AvgIpc) is 2.28. The fourth-order valence-electron chi connectivity index (χ4n) is 2.73. The van der Waals surface area contributed by atoms with Gasteiger partial charge < -0.3 is 5.32 Å². The molecule has 0 aromatic rings. The summed E-state index contributed by atoms with van der Waals surface area (Å²) in [7, 11) is 0. The first-order chi connectivity index (χ1) is 8.42. The van der Waals surface area contributed by atoms with Gasteiger partial charge in [-0.2, -0.15) is 13.2 Å². The van der Waals surface area contributed by atoms with Gasteiger partial charge in [0.1, 0.15) is 0 Å². The molecule has 0 aliphatic carbocycles.